The third-order valence-corrected chi connectivity index (χ3v) is 4.49. The smallest absolute Gasteiger partial charge is 0.409 e. The number of ether oxygens (including phenoxy) is 1. The number of rotatable bonds is 5. The highest BCUT2D eigenvalue weighted by Gasteiger charge is 2.41. The SMILES string of the molecule is CN(C(=O)Oc1c(/C(C=NCC#CCO)=C/N)cc(C(F)(F)F)cc1C(F)(F)F)c1ccc(F)cc1. The van der Waals surface area contributed by atoms with E-state index >= 15 is 0 Å². The summed E-state index contributed by atoms with van der Waals surface area (Å²) in [6.07, 6.45) is -10.4. The second kappa shape index (κ2) is 11.6. The Kier molecular flexibility index (Phi) is 9.07. The van der Waals surface area contributed by atoms with Crippen molar-refractivity contribution in [1.29, 1.82) is 0 Å². The van der Waals surface area contributed by atoms with Crippen molar-refractivity contribution in [2.24, 2.45) is 10.7 Å². The molecule has 36 heavy (non-hydrogen) atoms. The van der Waals surface area contributed by atoms with Gasteiger partial charge in [-0.3, -0.25) is 9.89 Å². The molecule has 0 spiro atoms. The molecule has 0 unspecified atom stereocenters. The van der Waals surface area contributed by atoms with E-state index in [-0.39, 0.29) is 18.3 Å². The number of carbonyl (C=O) groups is 1. The molecule has 0 fully saturated rings. The molecule has 0 aliphatic heterocycles. The van der Waals surface area contributed by atoms with Gasteiger partial charge in [-0.15, -0.1) is 0 Å². The minimum absolute atomic E-state index is 0.0297. The van der Waals surface area contributed by atoms with Gasteiger partial charge >= 0.3 is 18.4 Å². The molecule has 3 N–H and O–H groups in total. The Hall–Kier alpha value is -4.05. The summed E-state index contributed by atoms with van der Waals surface area (Å²) in [6.45, 7) is -0.745. The van der Waals surface area contributed by atoms with Gasteiger partial charge in [-0.05, 0) is 36.4 Å². The van der Waals surface area contributed by atoms with E-state index < -0.39 is 58.9 Å². The molecule has 0 atom stereocenters. The maximum atomic E-state index is 13.8. The fourth-order valence-electron chi connectivity index (χ4n) is 2.76. The molecule has 0 saturated heterocycles. The van der Waals surface area contributed by atoms with Crippen LogP contribution >= 0.6 is 0 Å². The van der Waals surface area contributed by atoms with E-state index in [2.05, 4.69) is 16.8 Å². The molecule has 0 heterocycles. The number of alkyl halides is 6. The number of aliphatic imine (C=N–C) groups is 1. The molecule has 0 radical (unpaired) electrons. The second-order valence-electron chi connectivity index (χ2n) is 6.90. The Balaban J connectivity index is 2.67. The third-order valence-electron chi connectivity index (χ3n) is 4.49. The number of halogens is 7. The molecule has 192 valence electrons. The van der Waals surface area contributed by atoms with Gasteiger partial charge in [0.1, 0.15) is 12.4 Å². The zero-order valence-corrected chi connectivity index (χ0v) is 18.4. The van der Waals surface area contributed by atoms with E-state index in [0.717, 1.165) is 42.4 Å². The average molecular weight is 517 g/mol. The summed E-state index contributed by atoms with van der Waals surface area (Å²) < 4.78 is 99.9. The minimum atomic E-state index is -5.37. The molecule has 0 aromatic heterocycles. The topological polar surface area (TPSA) is 88.2 Å². The fourth-order valence-corrected chi connectivity index (χ4v) is 2.76. The summed E-state index contributed by atoms with van der Waals surface area (Å²) in [5.74, 6) is 2.73. The number of nitrogens with two attached hydrogens (primary N) is 1. The van der Waals surface area contributed by atoms with Crippen LogP contribution in [0.4, 0.5) is 41.2 Å². The van der Waals surface area contributed by atoms with Crippen molar-refractivity contribution >= 4 is 23.6 Å². The van der Waals surface area contributed by atoms with Gasteiger partial charge in [0.25, 0.3) is 0 Å². The zero-order valence-electron chi connectivity index (χ0n) is 18.4. The van der Waals surface area contributed by atoms with Gasteiger partial charge in [0.15, 0.2) is 5.75 Å². The van der Waals surface area contributed by atoms with E-state index in [1.54, 1.807) is 0 Å². The highest BCUT2D eigenvalue weighted by molar-refractivity contribution is 6.11. The monoisotopic (exact) mass is 517 g/mol. The van der Waals surface area contributed by atoms with Gasteiger partial charge in [0, 0.05) is 36.3 Å². The lowest BCUT2D eigenvalue weighted by atomic mass is 9.98. The molecule has 0 bridgehead atoms. The maximum Gasteiger partial charge on any atom is 0.420 e. The summed E-state index contributed by atoms with van der Waals surface area (Å²) in [7, 11) is 1.10. The normalized spacial score (nSPS) is 12.3. The molecule has 0 saturated carbocycles. The number of carbonyl (C=O) groups excluding carboxylic acids is 1. The summed E-state index contributed by atoms with van der Waals surface area (Å²) in [5.41, 5.74) is 0.655. The van der Waals surface area contributed by atoms with Crippen LogP contribution in [0.25, 0.3) is 5.57 Å². The quantitative estimate of drug-likeness (QED) is 0.337. The van der Waals surface area contributed by atoms with Gasteiger partial charge in [0.05, 0.1) is 17.7 Å². The molecule has 0 aliphatic carbocycles. The molecule has 1 amide bonds. The van der Waals surface area contributed by atoms with E-state index in [1.807, 2.05) is 0 Å². The van der Waals surface area contributed by atoms with Crippen LogP contribution < -0.4 is 15.4 Å². The van der Waals surface area contributed by atoms with Crippen LogP contribution in [0.5, 0.6) is 5.75 Å². The predicted octanol–water partition coefficient (Wildman–Crippen LogP) is 4.86. The van der Waals surface area contributed by atoms with Crippen molar-refractivity contribution in [3.8, 4) is 17.6 Å². The number of anilines is 1. The highest BCUT2D eigenvalue weighted by atomic mass is 19.4. The molecular formula is C23H18F7N3O3. The van der Waals surface area contributed by atoms with Crippen LogP contribution in [0.3, 0.4) is 0 Å². The highest BCUT2D eigenvalue weighted by Crippen LogP contribution is 2.44. The van der Waals surface area contributed by atoms with E-state index in [4.69, 9.17) is 15.6 Å². The van der Waals surface area contributed by atoms with Crippen LogP contribution in [-0.2, 0) is 12.4 Å². The van der Waals surface area contributed by atoms with E-state index in [9.17, 15) is 35.5 Å². The van der Waals surface area contributed by atoms with Crippen molar-refractivity contribution in [2.45, 2.75) is 12.4 Å². The lowest BCUT2D eigenvalue weighted by Gasteiger charge is -2.22. The first-order chi connectivity index (χ1) is 16.8. The zero-order chi connectivity index (χ0) is 27.1. The fraction of sp³-hybridized carbons (Fsp3) is 0.217. The lowest BCUT2D eigenvalue weighted by molar-refractivity contribution is -0.143. The van der Waals surface area contributed by atoms with Gasteiger partial charge in [-0.2, -0.15) is 26.3 Å². The Morgan fingerprint density at radius 1 is 1.11 bits per heavy atom. The first kappa shape index (κ1) is 28.2. The van der Waals surface area contributed by atoms with Crippen LogP contribution in [-0.4, -0.2) is 37.6 Å². The van der Waals surface area contributed by atoms with Gasteiger partial charge < -0.3 is 15.6 Å². The van der Waals surface area contributed by atoms with Crippen LogP contribution in [0.15, 0.2) is 47.6 Å². The molecule has 0 aliphatic rings. The number of benzene rings is 2. The van der Waals surface area contributed by atoms with Crippen LogP contribution in [0.1, 0.15) is 16.7 Å². The summed E-state index contributed by atoms with van der Waals surface area (Å²) in [5, 5.41) is 8.63. The minimum Gasteiger partial charge on any atom is -0.409 e. The van der Waals surface area contributed by atoms with Gasteiger partial charge in [0.2, 0.25) is 0 Å². The van der Waals surface area contributed by atoms with E-state index in [0.29, 0.717) is 12.3 Å². The van der Waals surface area contributed by atoms with E-state index in [1.165, 1.54) is 0 Å². The third kappa shape index (κ3) is 7.22. The summed E-state index contributed by atoms with van der Waals surface area (Å²) in [6, 6.07) is 4.38. The number of nitrogens with zero attached hydrogens (tertiary/aromatic N) is 2. The van der Waals surface area contributed by atoms with Crippen molar-refractivity contribution < 1.29 is 45.4 Å². The number of aliphatic hydroxyl groups excluding tert-OH is 1. The molecule has 2 aromatic rings. The van der Waals surface area contributed by atoms with Gasteiger partial charge in [-0.1, -0.05) is 11.8 Å². The summed E-state index contributed by atoms with van der Waals surface area (Å²) in [4.78, 5) is 17.1. The second-order valence-corrected chi connectivity index (χ2v) is 6.90. The standard InChI is InChI=1S/C23H18F7N3O3/c1-33(17-6-4-16(24)5-7-17)21(35)36-20-18(14(12-31)13-32-8-2-3-9-34)10-15(22(25,26)27)11-19(20)23(28,29)30/h4-7,10-13,34H,8-9,31H2,1H3/b14-12+,32-13?. The predicted molar refractivity (Wildman–Crippen MR) is 118 cm³/mol. The van der Waals surface area contributed by atoms with Crippen LogP contribution in [0.2, 0.25) is 0 Å². The first-order valence-electron chi connectivity index (χ1n) is 9.81. The Morgan fingerprint density at radius 3 is 2.28 bits per heavy atom. The molecule has 2 aromatic carbocycles. The molecule has 6 nitrogen and oxygen atoms in total. The lowest BCUT2D eigenvalue weighted by Crippen LogP contribution is -2.30. The first-order valence-corrected chi connectivity index (χ1v) is 9.81. The maximum absolute atomic E-state index is 13.8. The number of hydrogen-bond donors (Lipinski definition) is 2. The van der Waals surface area contributed by atoms with Crippen molar-refractivity contribution in [1.82, 2.24) is 0 Å². The largest absolute Gasteiger partial charge is 0.420 e. The number of amides is 1. The van der Waals surface area contributed by atoms with Gasteiger partial charge in [-0.25, -0.2) is 9.18 Å². The molecule has 2 rings (SSSR count). The van der Waals surface area contributed by atoms with Crippen LogP contribution in [0, 0.1) is 17.7 Å². The van der Waals surface area contributed by atoms with Crippen molar-refractivity contribution in [3.63, 3.8) is 0 Å². The number of hydrogen-bond acceptors (Lipinski definition) is 5. The van der Waals surface area contributed by atoms with Crippen molar-refractivity contribution in [3.05, 3.63) is 65.1 Å². The number of aliphatic hydroxyl groups is 1. The average Bonchev–Trinajstić information content (AvgIpc) is 2.80. The Labute approximate surface area is 200 Å². The molecular weight excluding hydrogens is 499 g/mol. The molecule has 13 heteroatoms. The Morgan fingerprint density at radius 2 is 1.75 bits per heavy atom. The summed E-state index contributed by atoms with van der Waals surface area (Å²) >= 11 is 0. The number of allylic oxidation sites excluding steroid dienone is 1. The van der Waals surface area contributed by atoms with Crippen molar-refractivity contribution in [2.75, 3.05) is 25.1 Å². The Bertz CT molecular complexity index is 1210.